The maximum absolute atomic E-state index is 11.5. The predicted molar refractivity (Wildman–Crippen MR) is 74.3 cm³/mol. The van der Waals surface area contributed by atoms with Gasteiger partial charge in [0.15, 0.2) is 10.8 Å². The van der Waals surface area contributed by atoms with Gasteiger partial charge < -0.3 is 10.1 Å². The summed E-state index contributed by atoms with van der Waals surface area (Å²) in [5.74, 6) is 0.792. The summed E-state index contributed by atoms with van der Waals surface area (Å²) in [6, 6.07) is 0. The number of aryl methyl sites for hydroxylation is 1. The molecule has 0 radical (unpaired) electrons. The van der Waals surface area contributed by atoms with Crippen LogP contribution in [0.3, 0.4) is 0 Å². The number of nitrogens with zero attached hydrogens (tertiary/aromatic N) is 1. The number of hydrogen-bond acceptors (Lipinski definition) is 6. The third-order valence-corrected chi connectivity index (χ3v) is 3.69. The van der Waals surface area contributed by atoms with E-state index < -0.39 is 0 Å². The van der Waals surface area contributed by atoms with Crippen molar-refractivity contribution in [2.24, 2.45) is 0 Å². The van der Waals surface area contributed by atoms with Crippen LogP contribution in [0.2, 0.25) is 0 Å². The molecule has 0 amide bonds. The van der Waals surface area contributed by atoms with Gasteiger partial charge in [0.1, 0.15) is 0 Å². The molecule has 1 N–H and O–H groups in total. The number of rotatable bonds is 7. The van der Waals surface area contributed by atoms with E-state index in [0.29, 0.717) is 12.3 Å². The maximum Gasteiger partial charge on any atom is 0.358 e. The molecule has 0 spiro atoms. The average molecular weight is 274 g/mol. The Labute approximate surface area is 110 Å². The van der Waals surface area contributed by atoms with Crippen LogP contribution in [0.25, 0.3) is 0 Å². The van der Waals surface area contributed by atoms with Crippen LogP contribution in [0.1, 0.15) is 28.7 Å². The number of carbonyl (C=O) groups excluding carboxylic acids is 1. The van der Waals surface area contributed by atoms with Gasteiger partial charge >= 0.3 is 5.97 Å². The fourth-order valence-corrected chi connectivity index (χ4v) is 2.53. The molecule has 1 rings (SSSR count). The van der Waals surface area contributed by atoms with Gasteiger partial charge in [-0.25, -0.2) is 9.78 Å². The van der Waals surface area contributed by atoms with E-state index in [2.05, 4.69) is 16.6 Å². The van der Waals surface area contributed by atoms with Crippen molar-refractivity contribution in [3.63, 3.8) is 0 Å². The molecule has 0 bridgehead atoms. The molecule has 4 nitrogen and oxygen atoms in total. The van der Waals surface area contributed by atoms with E-state index in [1.54, 1.807) is 6.92 Å². The number of nitrogens with one attached hydrogen (secondary N) is 1. The molecular formula is C11H18N2O2S2. The summed E-state index contributed by atoms with van der Waals surface area (Å²) in [6.07, 6.45) is 3.18. The SMILES string of the molecule is CCOC(=O)c1nc(NCCCSC)sc1C. The molecule has 0 saturated heterocycles. The molecule has 0 atom stereocenters. The number of thiazole rings is 1. The van der Waals surface area contributed by atoms with Crippen LogP contribution in [-0.2, 0) is 4.74 Å². The number of aromatic nitrogens is 1. The Morgan fingerprint density at radius 1 is 1.59 bits per heavy atom. The summed E-state index contributed by atoms with van der Waals surface area (Å²) in [5, 5.41) is 4.02. The lowest BCUT2D eigenvalue weighted by Crippen LogP contribution is -2.07. The van der Waals surface area contributed by atoms with Crippen molar-refractivity contribution < 1.29 is 9.53 Å². The van der Waals surface area contributed by atoms with Crippen molar-refractivity contribution in [1.82, 2.24) is 4.98 Å². The lowest BCUT2D eigenvalue weighted by atomic mass is 10.4. The van der Waals surface area contributed by atoms with E-state index in [1.165, 1.54) is 11.3 Å². The van der Waals surface area contributed by atoms with Crippen molar-refractivity contribution >= 4 is 34.2 Å². The topological polar surface area (TPSA) is 51.2 Å². The van der Waals surface area contributed by atoms with Gasteiger partial charge in [-0.1, -0.05) is 0 Å². The third-order valence-electron chi connectivity index (χ3n) is 2.07. The van der Waals surface area contributed by atoms with Crippen LogP contribution in [0.4, 0.5) is 5.13 Å². The first-order chi connectivity index (χ1) is 8.19. The highest BCUT2D eigenvalue weighted by Gasteiger charge is 2.15. The van der Waals surface area contributed by atoms with Crippen LogP contribution in [-0.4, -0.2) is 36.1 Å². The zero-order valence-electron chi connectivity index (χ0n) is 10.4. The van der Waals surface area contributed by atoms with Gasteiger partial charge in [-0.15, -0.1) is 11.3 Å². The predicted octanol–water partition coefficient (Wildman–Crippen LogP) is 2.79. The molecule has 96 valence electrons. The van der Waals surface area contributed by atoms with E-state index >= 15 is 0 Å². The second-order valence-corrected chi connectivity index (χ2v) is 5.61. The molecule has 0 aromatic carbocycles. The molecule has 0 aliphatic heterocycles. The number of ether oxygens (including phenoxy) is 1. The summed E-state index contributed by atoms with van der Waals surface area (Å²) < 4.78 is 4.94. The molecular weight excluding hydrogens is 256 g/mol. The Morgan fingerprint density at radius 2 is 2.35 bits per heavy atom. The van der Waals surface area contributed by atoms with E-state index in [4.69, 9.17) is 4.74 Å². The normalized spacial score (nSPS) is 10.3. The van der Waals surface area contributed by atoms with Gasteiger partial charge in [0.2, 0.25) is 0 Å². The minimum Gasteiger partial charge on any atom is -0.461 e. The molecule has 1 aromatic heterocycles. The summed E-state index contributed by atoms with van der Waals surface area (Å²) in [5.41, 5.74) is 0.434. The molecule has 6 heteroatoms. The zero-order chi connectivity index (χ0) is 12.7. The minimum absolute atomic E-state index is 0.335. The van der Waals surface area contributed by atoms with Crippen LogP contribution in [0.15, 0.2) is 0 Å². The van der Waals surface area contributed by atoms with Crippen LogP contribution in [0.5, 0.6) is 0 Å². The van der Waals surface area contributed by atoms with E-state index in [1.807, 2.05) is 18.7 Å². The van der Waals surface area contributed by atoms with Gasteiger partial charge in [-0.3, -0.25) is 0 Å². The summed E-state index contributed by atoms with van der Waals surface area (Å²) in [4.78, 5) is 16.7. The van der Waals surface area contributed by atoms with Crippen molar-refractivity contribution in [3.8, 4) is 0 Å². The van der Waals surface area contributed by atoms with Gasteiger partial charge in [0, 0.05) is 11.4 Å². The molecule has 17 heavy (non-hydrogen) atoms. The van der Waals surface area contributed by atoms with E-state index in [0.717, 1.165) is 28.7 Å². The van der Waals surface area contributed by atoms with Crippen LogP contribution in [0, 0.1) is 6.92 Å². The lowest BCUT2D eigenvalue weighted by molar-refractivity contribution is 0.0519. The van der Waals surface area contributed by atoms with Crippen molar-refractivity contribution in [2.75, 3.05) is 30.5 Å². The van der Waals surface area contributed by atoms with Crippen molar-refractivity contribution in [2.45, 2.75) is 20.3 Å². The Hall–Kier alpha value is -0.750. The summed E-state index contributed by atoms with van der Waals surface area (Å²) in [6.45, 7) is 4.94. The zero-order valence-corrected chi connectivity index (χ0v) is 12.0. The monoisotopic (exact) mass is 274 g/mol. The molecule has 1 heterocycles. The van der Waals surface area contributed by atoms with Gasteiger partial charge in [-0.05, 0) is 32.3 Å². The largest absolute Gasteiger partial charge is 0.461 e. The Kier molecular flexibility index (Phi) is 6.36. The fourth-order valence-electron chi connectivity index (χ4n) is 1.27. The Bertz CT molecular complexity index is 366. The smallest absolute Gasteiger partial charge is 0.358 e. The summed E-state index contributed by atoms with van der Waals surface area (Å²) in [7, 11) is 0. The number of thioether (sulfide) groups is 1. The highest BCUT2D eigenvalue weighted by atomic mass is 32.2. The minimum atomic E-state index is -0.335. The van der Waals surface area contributed by atoms with E-state index in [-0.39, 0.29) is 5.97 Å². The summed E-state index contributed by atoms with van der Waals surface area (Å²) >= 11 is 3.32. The van der Waals surface area contributed by atoms with Crippen molar-refractivity contribution in [3.05, 3.63) is 10.6 Å². The molecule has 0 saturated carbocycles. The number of hydrogen-bond donors (Lipinski definition) is 1. The van der Waals surface area contributed by atoms with Gasteiger partial charge in [-0.2, -0.15) is 11.8 Å². The lowest BCUT2D eigenvalue weighted by Gasteiger charge is -2.00. The first-order valence-corrected chi connectivity index (χ1v) is 7.77. The molecule has 1 aromatic rings. The standard InChI is InChI=1S/C11H18N2O2S2/c1-4-15-10(14)9-8(2)17-11(13-9)12-6-5-7-16-3/h4-7H2,1-3H3,(H,12,13). The quantitative estimate of drug-likeness (QED) is 0.612. The number of esters is 1. The average Bonchev–Trinajstić information content (AvgIpc) is 2.66. The van der Waals surface area contributed by atoms with Crippen LogP contribution < -0.4 is 5.32 Å². The maximum atomic E-state index is 11.5. The first-order valence-electron chi connectivity index (χ1n) is 5.56. The van der Waals surface area contributed by atoms with Crippen LogP contribution >= 0.6 is 23.1 Å². The molecule has 0 aliphatic rings. The molecule has 0 unspecified atom stereocenters. The third kappa shape index (κ3) is 4.55. The van der Waals surface area contributed by atoms with Crippen molar-refractivity contribution in [1.29, 1.82) is 0 Å². The first kappa shape index (κ1) is 14.3. The van der Waals surface area contributed by atoms with E-state index in [9.17, 15) is 4.79 Å². The van der Waals surface area contributed by atoms with Gasteiger partial charge in [0.05, 0.1) is 6.61 Å². The highest BCUT2D eigenvalue weighted by molar-refractivity contribution is 7.98. The second kappa shape index (κ2) is 7.55. The number of carbonyl (C=O) groups is 1. The second-order valence-electron chi connectivity index (χ2n) is 3.42. The number of anilines is 1. The highest BCUT2D eigenvalue weighted by Crippen LogP contribution is 2.22. The fraction of sp³-hybridized carbons (Fsp3) is 0.636. The van der Waals surface area contributed by atoms with Gasteiger partial charge in [0.25, 0.3) is 0 Å². The molecule has 0 fully saturated rings. The Morgan fingerprint density at radius 3 is 3.00 bits per heavy atom. The Balaban J connectivity index is 2.52. The molecule has 0 aliphatic carbocycles.